The summed E-state index contributed by atoms with van der Waals surface area (Å²) in [5.41, 5.74) is 0. The van der Waals surface area contributed by atoms with E-state index in [-0.39, 0.29) is 0 Å². The van der Waals surface area contributed by atoms with E-state index in [1.807, 2.05) is 28.7 Å². The second kappa shape index (κ2) is 2.80. The maximum atomic E-state index is 4.90. The molecule has 0 spiro atoms. The van der Waals surface area contributed by atoms with Crippen LogP contribution in [0.25, 0.3) is 0 Å². The highest BCUT2D eigenvalue weighted by Gasteiger charge is 2.01. The van der Waals surface area contributed by atoms with Gasteiger partial charge >= 0.3 is 0 Å². The fourth-order valence-corrected chi connectivity index (χ4v) is 1.56. The van der Waals surface area contributed by atoms with Crippen molar-refractivity contribution in [1.82, 2.24) is 0 Å². The molecule has 0 aromatic carbocycles. The van der Waals surface area contributed by atoms with Crippen molar-refractivity contribution in [3.63, 3.8) is 0 Å². The van der Waals surface area contributed by atoms with E-state index in [9.17, 15) is 0 Å². The maximum absolute atomic E-state index is 4.90. The van der Waals surface area contributed by atoms with Crippen LogP contribution in [-0.2, 0) is 4.74 Å². The van der Waals surface area contributed by atoms with Crippen LogP contribution >= 0.6 is 11.3 Å². The van der Waals surface area contributed by atoms with Gasteiger partial charge in [0.25, 0.3) is 0 Å². The van der Waals surface area contributed by atoms with Crippen molar-refractivity contribution in [2.24, 2.45) is 0 Å². The zero-order chi connectivity index (χ0) is 7.52. The third-order valence-corrected chi connectivity index (χ3v) is 2.24. The minimum absolute atomic E-state index is 1.20. The van der Waals surface area contributed by atoms with Crippen molar-refractivity contribution >= 4 is 16.3 Å². The Balaban J connectivity index is 2.23. The lowest BCUT2D eigenvalue weighted by atomic mass is 10.5. The molecule has 0 radical (unpaired) electrons. The van der Waals surface area contributed by atoms with Crippen molar-refractivity contribution in [3.05, 3.63) is 42.4 Å². The van der Waals surface area contributed by atoms with E-state index < -0.39 is 0 Å². The third kappa shape index (κ3) is 1.28. The average molecular weight is 165 g/mol. The molecule has 0 saturated heterocycles. The Labute approximate surface area is 69.0 Å². The summed E-state index contributed by atoms with van der Waals surface area (Å²) in [6.45, 7) is 0. The van der Waals surface area contributed by atoms with E-state index in [2.05, 4.69) is 6.07 Å². The first-order valence-corrected chi connectivity index (χ1v) is 4.15. The van der Waals surface area contributed by atoms with Crippen LogP contribution in [0.15, 0.2) is 42.4 Å². The van der Waals surface area contributed by atoms with Gasteiger partial charge in [-0.05, 0) is 17.5 Å². The fraction of sp³-hybridized carbons (Fsp3) is 0. The Bertz CT molecular complexity index is 264. The van der Waals surface area contributed by atoms with Gasteiger partial charge in [0.1, 0.15) is 12.5 Å². The molecule has 0 fully saturated rings. The average Bonchev–Trinajstić information content (AvgIpc) is 2.58. The Morgan fingerprint density at radius 2 is 2.09 bits per heavy atom. The van der Waals surface area contributed by atoms with Gasteiger partial charge in [0.2, 0.25) is 0 Å². The summed E-state index contributed by atoms with van der Waals surface area (Å²) < 4.78 is 4.90. The first-order chi connectivity index (χ1) is 5.47. The fourth-order valence-electron chi connectivity index (χ4n) is 0.860. The predicted molar refractivity (Wildman–Crippen MR) is 46.2 cm³/mol. The molecule has 2 nitrogen and oxygen atoms in total. The Morgan fingerprint density at radius 3 is 2.73 bits per heavy atom. The molecule has 0 N–H and O–H groups in total. The zero-order valence-electron chi connectivity index (χ0n) is 5.81. The number of ether oxygens (including phenoxy) is 1. The van der Waals surface area contributed by atoms with Gasteiger partial charge in [-0.25, -0.2) is 0 Å². The van der Waals surface area contributed by atoms with Crippen LogP contribution in [0.1, 0.15) is 0 Å². The molecular formula is C8H7NOS. The molecule has 0 aliphatic carbocycles. The molecule has 2 rings (SSSR count). The van der Waals surface area contributed by atoms with Crippen LogP contribution in [0.5, 0.6) is 0 Å². The van der Waals surface area contributed by atoms with E-state index in [0.29, 0.717) is 0 Å². The summed E-state index contributed by atoms with van der Waals surface area (Å²) >= 11 is 1.70. The van der Waals surface area contributed by atoms with Gasteiger partial charge in [-0.2, -0.15) is 0 Å². The highest BCUT2D eigenvalue weighted by molar-refractivity contribution is 7.14. The molecule has 1 aliphatic heterocycles. The van der Waals surface area contributed by atoms with Crippen molar-refractivity contribution in [2.45, 2.75) is 0 Å². The highest BCUT2D eigenvalue weighted by atomic mass is 32.1. The molecule has 56 valence electrons. The summed E-state index contributed by atoms with van der Waals surface area (Å²) in [5, 5.41) is 3.24. The van der Waals surface area contributed by atoms with Crippen LogP contribution in [0, 0.1) is 0 Å². The molecule has 0 amide bonds. The number of thiophene rings is 1. The summed E-state index contributed by atoms with van der Waals surface area (Å²) in [6.07, 6.45) is 7.07. The lowest BCUT2D eigenvalue weighted by molar-refractivity contribution is 0.393. The molecule has 11 heavy (non-hydrogen) atoms. The lowest BCUT2D eigenvalue weighted by Gasteiger charge is -2.14. The van der Waals surface area contributed by atoms with Crippen LogP contribution in [-0.4, -0.2) is 0 Å². The molecule has 2 heterocycles. The molecule has 0 bridgehead atoms. The van der Waals surface area contributed by atoms with Gasteiger partial charge in [-0.1, -0.05) is 0 Å². The van der Waals surface area contributed by atoms with Crippen molar-refractivity contribution in [2.75, 3.05) is 4.90 Å². The van der Waals surface area contributed by atoms with E-state index in [4.69, 9.17) is 4.74 Å². The van der Waals surface area contributed by atoms with E-state index in [1.165, 1.54) is 5.00 Å². The first-order valence-electron chi connectivity index (χ1n) is 3.27. The quantitative estimate of drug-likeness (QED) is 0.634. The van der Waals surface area contributed by atoms with Gasteiger partial charge in [0.05, 0.1) is 5.00 Å². The molecular weight excluding hydrogens is 158 g/mol. The predicted octanol–water partition coefficient (Wildman–Crippen LogP) is 2.53. The maximum Gasteiger partial charge on any atom is 0.107 e. The summed E-state index contributed by atoms with van der Waals surface area (Å²) in [4.78, 5) is 2.01. The largest absolute Gasteiger partial charge is 0.470 e. The number of nitrogens with zero attached hydrogens (tertiary/aromatic N) is 1. The molecule has 1 aromatic rings. The van der Waals surface area contributed by atoms with Crippen molar-refractivity contribution in [1.29, 1.82) is 0 Å². The number of hydrogen-bond donors (Lipinski definition) is 0. The van der Waals surface area contributed by atoms with Crippen LogP contribution in [0.3, 0.4) is 0 Å². The highest BCUT2D eigenvalue weighted by Crippen LogP contribution is 2.22. The van der Waals surface area contributed by atoms with Crippen LogP contribution < -0.4 is 4.90 Å². The van der Waals surface area contributed by atoms with Crippen LogP contribution in [0.4, 0.5) is 5.00 Å². The molecule has 1 aliphatic rings. The Morgan fingerprint density at radius 1 is 1.27 bits per heavy atom. The molecule has 3 heteroatoms. The number of rotatable bonds is 1. The zero-order valence-corrected chi connectivity index (χ0v) is 6.62. The molecule has 1 aromatic heterocycles. The summed E-state index contributed by atoms with van der Waals surface area (Å²) in [6, 6.07) is 4.09. The molecule has 0 unspecified atom stereocenters. The van der Waals surface area contributed by atoms with E-state index in [1.54, 1.807) is 23.9 Å². The summed E-state index contributed by atoms with van der Waals surface area (Å²) in [5.74, 6) is 0. The van der Waals surface area contributed by atoms with Crippen molar-refractivity contribution in [3.8, 4) is 0 Å². The SMILES string of the molecule is C1=CN(c2cccs2)C=CO1. The van der Waals surface area contributed by atoms with Crippen LogP contribution in [0.2, 0.25) is 0 Å². The molecule has 0 saturated carbocycles. The summed E-state index contributed by atoms with van der Waals surface area (Å²) in [7, 11) is 0. The third-order valence-electron chi connectivity index (χ3n) is 1.36. The van der Waals surface area contributed by atoms with Gasteiger partial charge in [0.15, 0.2) is 0 Å². The first kappa shape index (κ1) is 6.49. The number of anilines is 1. The van der Waals surface area contributed by atoms with Gasteiger partial charge < -0.3 is 9.64 Å². The topological polar surface area (TPSA) is 12.5 Å². The minimum Gasteiger partial charge on any atom is -0.470 e. The minimum atomic E-state index is 1.20. The Kier molecular flexibility index (Phi) is 1.65. The van der Waals surface area contributed by atoms with Gasteiger partial charge in [-0.3, -0.25) is 0 Å². The molecule has 0 atom stereocenters. The normalized spacial score (nSPS) is 15.1. The Hall–Kier alpha value is -1.22. The second-order valence-electron chi connectivity index (χ2n) is 2.06. The second-order valence-corrected chi connectivity index (χ2v) is 2.99. The van der Waals surface area contributed by atoms with E-state index in [0.717, 1.165) is 0 Å². The van der Waals surface area contributed by atoms with Gasteiger partial charge in [-0.15, -0.1) is 11.3 Å². The van der Waals surface area contributed by atoms with E-state index >= 15 is 0 Å². The number of hydrogen-bond acceptors (Lipinski definition) is 3. The van der Waals surface area contributed by atoms with Gasteiger partial charge in [0, 0.05) is 12.4 Å². The smallest absolute Gasteiger partial charge is 0.107 e. The van der Waals surface area contributed by atoms with Crippen molar-refractivity contribution < 1.29 is 4.74 Å². The standard InChI is InChI=1S/C8H7NOS/c1-2-8(11-7-1)9-3-5-10-6-4-9/h1-7H. The monoisotopic (exact) mass is 165 g/mol. The lowest BCUT2D eigenvalue weighted by Crippen LogP contribution is -2.07.